The Balaban J connectivity index is 1.33. The topological polar surface area (TPSA) is 94.6 Å². The lowest BCUT2D eigenvalue weighted by Crippen LogP contribution is -2.42. The Bertz CT molecular complexity index is 917. The summed E-state index contributed by atoms with van der Waals surface area (Å²) < 4.78 is 55.9. The van der Waals surface area contributed by atoms with Crippen LogP contribution in [0.15, 0.2) is 36.8 Å². The molecule has 0 bridgehead atoms. The number of aromatic nitrogens is 2. The smallest absolute Gasteiger partial charge is 0.416 e. The minimum Gasteiger partial charge on any atom is -0.483 e. The maximum absolute atomic E-state index is 13.1. The second-order valence-corrected chi connectivity index (χ2v) is 7.72. The summed E-state index contributed by atoms with van der Waals surface area (Å²) in [7, 11) is 0. The van der Waals surface area contributed by atoms with E-state index >= 15 is 0 Å². The number of carbonyl (C=O) groups is 1. The van der Waals surface area contributed by atoms with Crippen LogP contribution in [-0.4, -0.2) is 47.5 Å². The molecular formula is C21H23F3N4O4. The molecule has 11 heteroatoms. The Hall–Kier alpha value is -3.08. The number of benzene rings is 1. The van der Waals surface area contributed by atoms with Gasteiger partial charge in [-0.1, -0.05) is 0 Å². The third-order valence-electron chi connectivity index (χ3n) is 5.31. The summed E-state index contributed by atoms with van der Waals surface area (Å²) in [6.45, 7) is 0.708. The Morgan fingerprint density at radius 1 is 1.06 bits per heavy atom. The van der Waals surface area contributed by atoms with Gasteiger partial charge in [0.15, 0.2) is 0 Å². The lowest BCUT2D eigenvalue weighted by atomic mass is 9.93. The second-order valence-electron chi connectivity index (χ2n) is 7.72. The van der Waals surface area contributed by atoms with E-state index in [9.17, 15) is 18.0 Å². The monoisotopic (exact) mass is 452 g/mol. The molecule has 2 heterocycles. The molecule has 32 heavy (non-hydrogen) atoms. The highest BCUT2D eigenvalue weighted by molar-refractivity contribution is 5.91. The number of hydrogen-bond acceptors (Lipinski definition) is 6. The molecule has 2 N–H and O–H groups in total. The van der Waals surface area contributed by atoms with Gasteiger partial charge in [0.05, 0.1) is 24.5 Å². The van der Waals surface area contributed by atoms with Gasteiger partial charge in [0.25, 0.3) is 0 Å². The molecule has 172 valence electrons. The fourth-order valence-electron chi connectivity index (χ4n) is 3.56. The highest BCUT2D eigenvalue weighted by Gasteiger charge is 2.32. The van der Waals surface area contributed by atoms with Crippen molar-refractivity contribution in [3.8, 4) is 11.6 Å². The minimum atomic E-state index is -4.53. The number of anilines is 1. The summed E-state index contributed by atoms with van der Waals surface area (Å²) in [5.41, 5.74) is -0.905. The first-order valence-electron chi connectivity index (χ1n) is 10.3. The fourth-order valence-corrected chi connectivity index (χ4v) is 3.56. The normalized spacial score (nSPS) is 21.3. The van der Waals surface area contributed by atoms with Gasteiger partial charge in [0, 0.05) is 18.3 Å². The van der Waals surface area contributed by atoms with E-state index in [0.717, 1.165) is 12.1 Å². The standard InChI is InChI=1S/C21H23F3N4O4/c22-21(23,24)13-1-6-18(31-16-10-30-11-16)17(9-13)28-20(29)27-14-2-4-15(5-3-14)32-19-7-8-25-12-26-19/h1,6-9,12,14-16H,2-5,10-11H2,(H2,27,28,29)/t14-,15-. The fraction of sp³-hybridized carbons (Fsp3) is 0.476. The molecule has 4 rings (SSSR count). The van der Waals surface area contributed by atoms with Crippen LogP contribution in [0.1, 0.15) is 31.2 Å². The molecule has 1 aromatic heterocycles. The molecule has 2 amide bonds. The number of nitrogens with zero attached hydrogens (tertiary/aromatic N) is 2. The zero-order valence-electron chi connectivity index (χ0n) is 17.1. The third-order valence-corrected chi connectivity index (χ3v) is 5.31. The molecular weight excluding hydrogens is 429 g/mol. The van der Waals surface area contributed by atoms with Crippen molar-refractivity contribution in [1.29, 1.82) is 0 Å². The Labute approximate surface area is 182 Å². The molecule has 1 saturated heterocycles. The number of urea groups is 1. The van der Waals surface area contributed by atoms with Crippen molar-refractivity contribution in [1.82, 2.24) is 15.3 Å². The molecule has 1 aliphatic carbocycles. The number of alkyl halides is 3. The van der Waals surface area contributed by atoms with Gasteiger partial charge < -0.3 is 24.8 Å². The number of halogens is 3. The predicted molar refractivity (Wildman–Crippen MR) is 108 cm³/mol. The van der Waals surface area contributed by atoms with Crippen LogP contribution in [0.3, 0.4) is 0 Å². The van der Waals surface area contributed by atoms with Gasteiger partial charge in [0.1, 0.15) is 24.3 Å². The predicted octanol–water partition coefficient (Wildman–Crippen LogP) is 3.78. The lowest BCUT2D eigenvalue weighted by Gasteiger charge is -2.30. The van der Waals surface area contributed by atoms with Crippen molar-refractivity contribution in [2.45, 2.75) is 50.1 Å². The minimum absolute atomic E-state index is 0.0147. The van der Waals surface area contributed by atoms with Gasteiger partial charge in [-0.2, -0.15) is 13.2 Å². The van der Waals surface area contributed by atoms with Crippen LogP contribution in [-0.2, 0) is 10.9 Å². The van der Waals surface area contributed by atoms with Gasteiger partial charge in [0.2, 0.25) is 5.88 Å². The number of nitrogens with one attached hydrogen (secondary N) is 2. The summed E-state index contributed by atoms with van der Waals surface area (Å²) in [4.78, 5) is 20.4. The number of rotatable bonds is 6. The first kappa shape index (κ1) is 22.1. The molecule has 0 atom stereocenters. The number of carbonyl (C=O) groups excluding carboxylic acids is 1. The van der Waals surface area contributed by atoms with Crippen molar-refractivity contribution >= 4 is 11.7 Å². The Kier molecular flexibility index (Phi) is 6.63. The first-order chi connectivity index (χ1) is 15.4. The van der Waals surface area contributed by atoms with Crippen LogP contribution in [0.2, 0.25) is 0 Å². The molecule has 2 fully saturated rings. The second kappa shape index (κ2) is 9.60. The largest absolute Gasteiger partial charge is 0.483 e. The molecule has 0 unspecified atom stereocenters. The van der Waals surface area contributed by atoms with Gasteiger partial charge in [-0.25, -0.2) is 14.8 Å². The Morgan fingerprint density at radius 2 is 1.84 bits per heavy atom. The average Bonchev–Trinajstić information content (AvgIpc) is 2.73. The quantitative estimate of drug-likeness (QED) is 0.693. The van der Waals surface area contributed by atoms with E-state index in [0.29, 0.717) is 44.8 Å². The third kappa shape index (κ3) is 5.78. The van der Waals surface area contributed by atoms with Crippen molar-refractivity contribution in [3.05, 3.63) is 42.4 Å². The number of amides is 2. The summed E-state index contributed by atoms with van der Waals surface area (Å²) >= 11 is 0. The highest BCUT2D eigenvalue weighted by atomic mass is 19.4. The van der Waals surface area contributed by atoms with Crippen LogP contribution in [0.25, 0.3) is 0 Å². The zero-order valence-corrected chi connectivity index (χ0v) is 17.1. The van der Waals surface area contributed by atoms with Crippen molar-refractivity contribution in [2.75, 3.05) is 18.5 Å². The zero-order chi connectivity index (χ0) is 22.6. The van der Waals surface area contributed by atoms with Crippen LogP contribution < -0.4 is 20.1 Å². The van der Waals surface area contributed by atoms with E-state index in [2.05, 4.69) is 20.6 Å². The summed E-state index contributed by atoms with van der Waals surface area (Å²) in [5, 5.41) is 5.34. The van der Waals surface area contributed by atoms with Crippen LogP contribution in [0.4, 0.5) is 23.7 Å². The van der Waals surface area contributed by atoms with Crippen molar-refractivity contribution < 1.29 is 32.2 Å². The molecule has 2 aromatic rings. The Morgan fingerprint density at radius 3 is 2.47 bits per heavy atom. The maximum atomic E-state index is 13.1. The number of ether oxygens (including phenoxy) is 3. The SMILES string of the molecule is O=C(Nc1cc(C(F)(F)F)ccc1OC1COC1)N[C@H]1CC[C@H](Oc2ccncn2)CC1. The van der Waals surface area contributed by atoms with E-state index in [4.69, 9.17) is 14.2 Å². The average molecular weight is 452 g/mol. The summed E-state index contributed by atoms with van der Waals surface area (Å²) in [6, 6.07) is 4.00. The van der Waals surface area contributed by atoms with E-state index in [-0.39, 0.29) is 29.7 Å². The molecule has 1 aromatic carbocycles. The van der Waals surface area contributed by atoms with E-state index in [1.165, 1.54) is 12.4 Å². The van der Waals surface area contributed by atoms with Gasteiger partial charge in [-0.15, -0.1) is 0 Å². The molecule has 1 saturated carbocycles. The van der Waals surface area contributed by atoms with Crippen LogP contribution in [0.5, 0.6) is 11.6 Å². The van der Waals surface area contributed by atoms with Gasteiger partial charge >= 0.3 is 12.2 Å². The van der Waals surface area contributed by atoms with Crippen molar-refractivity contribution in [2.24, 2.45) is 0 Å². The van der Waals surface area contributed by atoms with Crippen molar-refractivity contribution in [3.63, 3.8) is 0 Å². The number of hydrogen-bond donors (Lipinski definition) is 2. The van der Waals surface area contributed by atoms with Crippen LogP contribution >= 0.6 is 0 Å². The van der Waals surface area contributed by atoms with E-state index in [1.807, 2.05) is 0 Å². The van der Waals surface area contributed by atoms with E-state index < -0.39 is 17.8 Å². The molecule has 0 spiro atoms. The summed E-state index contributed by atoms with van der Waals surface area (Å²) in [5.74, 6) is 0.673. The molecule has 2 aliphatic rings. The van der Waals surface area contributed by atoms with Gasteiger partial charge in [-0.05, 0) is 43.9 Å². The molecule has 1 aliphatic heterocycles. The lowest BCUT2D eigenvalue weighted by molar-refractivity contribution is -0.137. The summed E-state index contributed by atoms with van der Waals surface area (Å²) in [6.07, 6.45) is 0.999. The highest BCUT2D eigenvalue weighted by Crippen LogP contribution is 2.36. The van der Waals surface area contributed by atoms with Crippen LogP contribution in [0, 0.1) is 0 Å². The van der Waals surface area contributed by atoms with Gasteiger partial charge in [-0.3, -0.25) is 0 Å². The molecule has 8 nitrogen and oxygen atoms in total. The molecule has 0 radical (unpaired) electrons. The van der Waals surface area contributed by atoms with E-state index in [1.54, 1.807) is 12.3 Å². The maximum Gasteiger partial charge on any atom is 0.416 e. The first-order valence-corrected chi connectivity index (χ1v) is 10.3.